The van der Waals surface area contributed by atoms with Crippen molar-refractivity contribution < 1.29 is 4.74 Å². The van der Waals surface area contributed by atoms with Gasteiger partial charge < -0.3 is 10.5 Å². The molecule has 1 heterocycles. The molecule has 3 N–H and O–H groups in total. The zero-order valence-corrected chi connectivity index (χ0v) is 10.9. The van der Waals surface area contributed by atoms with Crippen LogP contribution in [0.15, 0.2) is 6.07 Å². The van der Waals surface area contributed by atoms with Crippen molar-refractivity contribution in [1.82, 2.24) is 9.97 Å². The number of hydrogen-bond donors (Lipinski definition) is 2. The molecule has 0 aliphatic heterocycles. The Balaban J connectivity index is 2.07. The molecule has 0 unspecified atom stereocenters. The molecule has 5 nitrogen and oxygen atoms in total. The standard InChI is InChI=1S/C13H20N4O/c1-8-3-5-10(6-4-8)18-13-16-9(2)7-11(17-13)12(14)15/h7-8,10H,3-6H2,1-2H3,(H3,14,15). The minimum atomic E-state index is -0.0531. The average Bonchev–Trinajstić information content (AvgIpc) is 2.31. The zero-order valence-electron chi connectivity index (χ0n) is 10.9. The van der Waals surface area contributed by atoms with Crippen molar-refractivity contribution in [3.8, 4) is 6.01 Å². The molecule has 0 saturated heterocycles. The maximum absolute atomic E-state index is 7.41. The SMILES string of the molecule is Cc1cc(C(=N)N)nc(OC2CCC(C)CC2)n1. The molecule has 0 amide bonds. The van der Waals surface area contributed by atoms with Crippen LogP contribution in [0.4, 0.5) is 0 Å². The van der Waals surface area contributed by atoms with E-state index in [0.29, 0.717) is 11.7 Å². The van der Waals surface area contributed by atoms with Gasteiger partial charge in [0.05, 0.1) is 0 Å². The van der Waals surface area contributed by atoms with Crippen LogP contribution >= 0.6 is 0 Å². The third kappa shape index (κ3) is 3.18. The van der Waals surface area contributed by atoms with Crippen molar-refractivity contribution in [2.24, 2.45) is 11.7 Å². The molecule has 2 rings (SSSR count). The van der Waals surface area contributed by atoms with E-state index in [1.54, 1.807) is 6.07 Å². The van der Waals surface area contributed by atoms with Gasteiger partial charge in [0.2, 0.25) is 0 Å². The van der Waals surface area contributed by atoms with E-state index in [-0.39, 0.29) is 11.9 Å². The second-order valence-electron chi connectivity index (χ2n) is 5.09. The van der Waals surface area contributed by atoms with Crippen LogP contribution in [0.5, 0.6) is 6.01 Å². The molecule has 1 aliphatic carbocycles. The van der Waals surface area contributed by atoms with Crippen molar-refractivity contribution in [2.75, 3.05) is 0 Å². The van der Waals surface area contributed by atoms with E-state index in [2.05, 4.69) is 16.9 Å². The summed E-state index contributed by atoms with van der Waals surface area (Å²) in [5.41, 5.74) is 6.65. The van der Waals surface area contributed by atoms with Crippen LogP contribution in [-0.4, -0.2) is 21.9 Å². The zero-order chi connectivity index (χ0) is 13.1. The first-order chi connectivity index (χ1) is 8.54. The molecule has 5 heteroatoms. The van der Waals surface area contributed by atoms with Gasteiger partial charge in [-0.25, -0.2) is 4.98 Å². The summed E-state index contributed by atoms with van der Waals surface area (Å²) in [5, 5.41) is 7.41. The summed E-state index contributed by atoms with van der Waals surface area (Å²) in [4.78, 5) is 8.41. The monoisotopic (exact) mass is 248 g/mol. The van der Waals surface area contributed by atoms with Gasteiger partial charge in [0.15, 0.2) is 0 Å². The number of amidine groups is 1. The van der Waals surface area contributed by atoms with Crippen molar-refractivity contribution in [1.29, 1.82) is 5.41 Å². The van der Waals surface area contributed by atoms with Gasteiger partial charge in [-0.1, -0.05) is 6.92 Å². The van der Waals surface area contributed by atoms with Crippen molar-refractivity contribution in [3.05, 3.63) is 17.5 Å². The van der Waals surface area contributed by atoms with E-state index in [0.717, 1.165) is 24.5 Å². The summed E-state index contributed by atoms with van der Waals surface area (Å²) in [7, 11) is 0. The minimum Gasteiger partial charge on any atom is -0.460 e. The van der Waals surface area contributed by atoms with E-state index in [1.165, 1.54) is 12.8 Å². The fraction of sp³-hybridized carbons (Fsp3) is 0.615. The lowest BCUT2D eigenvalue weighted by Gasteiger charge is -2.26. The molecule has 18 heavy (non-hydrogen) atoms. The van der Waals surface area contributed by atoms with Gasteiger partial charge in [-0.3, -0.25) is 5.41 Å². The van der Waals surface area contributed by atoms with Gasteiger partial charge in [-0.15, -0.1) is 0 Å². The minimum absolute atomic E-state index is 0.0531. The molecule has 1 aliphatic rings. The number of rotatable bonds is 3. The lowest BCUT2D eigenvalue weighted by molar-refractivity contribution is 0.124. The van der Waals surface area contributed by atoms with E-state index < -0.39 is 0 Å². The Labute approximate surface area is 107 Å². The Morgan fingerprint density at radius 2 is 2.00 bits per heavy atom. The Morgan fingerprint density at radius 3 is 2.61 bits per heavy atom. The molecule has 1 aromatic heterocycles. The lowest BCUT2D eigenvalue weighted by Crippen LogP contribution is -2.24. The van der Waals surface area contributed by atoms with Gasteiger partial charge in [0.25, 0.3) is 0 Å². The maximum Gasteiger partial charge on any atom is 0.317 e. The number of nitrogen functional groups attached to an aromatic ring is 1. The Kier molecular flexibility index (Phi) is 3.79. The number of aryl methyl sites for hydroxylation is 1. The van der Waals surface area contributed by atoms with Gasteiger partial charge in [-0.2, -0.15) is 4.98 Å². The molecule has 0 atom stereocenters. The highest BCUT2D eigenvalue weighted by Crippen LogP contribution is 2.26. The van der Waals surface area contributed by atoms with E-state index >= 15 is 0 Å². The van der Waals surface area contributed by atoms with Crippen LogP contribution in [-0.2, 0) is 0 Å². The quantitative estimate of drug-likeness (QED) is 0.633. The van der Waals surface area contributed by atoms with Crippen LogP contribution in [0.3, 0.4) is 0 Å². The van der Waals surface area contributed by atoms with Crippen LogP contribution < -0.4 is 10.5 Å². The Bertz CT molecular complexity index is 439. The molecule has 1 aromatic rings. The van der Waals surface area contributed by atoms with Crippen LogP contribution in [0, 0.1) is 18.3 Å². The van der Waals surface area contributed by atoms with Gasteiger partial charge in [0, 0.05) is 5.69 Å². The first kappa shape index (κ1) is 12.8. The number of nitrogens with one attached hydrogen (secondary N) is 1. The first-order valence-corrected chi connectivity index (χ1v) is 6.41. The number of aromatic nitrogens is 2. The molecule has 0 aromatic carbocycles. The molecular weight excluding hydrogens is 228 g/mol. The fourth-order valence-electron chi connectivity index (χ4n) is 2.23. The Hall–Kier alpha value is -1.65. The van der Waals surface area contributed by atoms with Gasteiger partial charge in [-0.05, 0) is 44.6 Å². The van der Waals surface area contributed by atoms with E-state index in [4.69, 9.17) is 15.9 Å². The van der Waals surface area contributed by atoms with Crippen molar-refractivity contribution >= 4 is 5.84 Å². The largest absolute Gasteiger partial charge is 0.460 e. The third-order valence-electron chi connectivity index (χ3n) is 3.34. The van der Waals surface area contributed by atoms with Crippen molar-refractivity contribution in [3.63, 3.8) is 0 Å². The molecule has 0 spiro atoms. The van der Waals surface area contributed by atoms with Gasteiger partial charge >= 0.3 is 6.01 Å². The van der Waals surface area contributed by atoms with Crippen LogP contribution in [0.25, 0.3) is 0 Å². The molecule has 98 valence electrons. The molecule has 1 saturated carbocycles. The lowest BCUT2D eigenvalue weighted by atomic mass is 9.89. The molecule has 0 radical (unpaired) electrons. The Morgan fingerprint density at radius 1 is 1.33 bits per heavy atom. The van der Waals surface area contributed by atoms with E-state index in [9.17, 15) is 0 Å². The predicted molar refractivity (Wildman–Crippen MR) is 69.8 cm³/mol. The number of nitrogens with zero attached hydrogens (tertiary/aromatic N) is 2. The van der Waals surface area contributed by atoms with Crippen LogP contribution in [0.2, 0.25) is 0 Å². The summed E-state index contributed by atoms with van der Waals surface area (Å²) in [6.07, 6.45) is 4.68. The number of hydrogen-bond acceptors (Lipinski definition) is 4. The summed E-state index contributed by atoms with van der Waals surface area (Å²) < 4.78 is 5.80. The molecular formula is C13H20N4O. The van der Waals surface area contributed by atoms with Gasteiger partial charge in [0.1, 0.15) is 17.6 Å². The second kappa shape index (κ2) is 5.33. The summed E-state index contributed by atoms with van der Waals surface area (Å²) in [6.45, 7) is 4.12. The highest BCUT2D eigenvalue weighted by Gasteiger charge is 2.20. The van der Waals surface area contributed by atoms with Crippen molar-refractivity contribution in [2.45, 2.75) is 45.6 Å². The topological polar surface area (TPSA) is 84.9 Å². The van der Waals surface area contributed by atoms with Crippen LogP contribution in [0.1, 0.15) is 44.0 Å². The average molecular weight is 248 g/mol. The summed E-state index contributed by atoms with van der Waals surface area (Å²) >= 11 is 0. The number of nitrogens with two attached hydrogens (primary N) is 1. The third-order valence-corrected chi connectivity index (χ3v) is 3.34. The molecule has 1 fully saturated rings. The van der Waals surface area contributed by atoms with E-state index in [1.807, 2.05) is 6.92 Å². The number of ether oxygens (including phenoxy) is 1. The normalized spacial score (nSPS) is 23.7. The molecule has 0 bridgehead atoms. The predicted octanol–water partition coefficient (Wildman–Crippen LogP) is 2.03. The maximum atomic E-state index is 7.41. The second-order valence-corrected chi connectivity index (χ2v) is 5.09. The summed E-state index contributed by atoms with van der Waals surface area (Å²) in [5.74, 6) is 0.735. The highest BCUT2D eigenvalue weighted by atomic mass is 16.5. The summed E-state index contributed by atoms with van der Waals surface area (Å²) in [6, 6.07) is 2.04. The fourth-order valence-corrected chi connectivity index (χ4v) is 2.23. The first-order valence-electron chi connectivity index (χ1n) is 6.41. The smallest absolute Gasteiger partial charge is 0.317 e. The highest BCUT2D eigenvalue weighted by molar-refractivity contribution is 5.93.